The first-order valence-electron chi connectivity index (χ1n) is 23.7. The third-order valence-electron chi connectivity index (χ3n) is 16.2. The zero-order valence-electron chi connectivity index (χ0n) is 38.3. The van der Waals surface area contributed by atoms with Crippen molar-refractivity contribution in [1.29, 1.82) is 0 Å². The number of hydrogen-bond donors (Lipinski definition) is 0. The number of benzene rings is 8. The van der Waals surface area contributed by atoms with Gasteiger partial charge in [-0.3, -0.25) is 0 Å². The predicted octanol–water partition coefficient (Wildman–Crippen LogP) is 15.8. The van der Waals surface area contributed by atoms with Crippen LogP contribution in [0.15, 0.2) is 142 Å². The number of furan rings is 2. The molecule has 6 heterocycles. The molecular formula is C60H47BN2O2S. The van der Waals surface area contributed by atoms with Crippen molar-refractivity contribution in [1.82, 2.24) is 4.57 Å². The summed E-state index contributed by atoms with van der Waals surface area (Å²) in [5.74, 6) is 0. The van der Waals surface area contributed by atoms with Gasteiger partial charge in [-0.2, -0.15) is 0 Å². The van der Waals surface area contributed by atoms with Crippen molar-refractivity contribution in [3.05, 3.63) is 150 Å². The summed E-state index contributed by atoms with van der Waals surface area (Å²) in [4.78, 5) is 2.64. The first-order chi connectivity index (χ1) is 31.8. The van der Waals surface area contributed by atoms with Gasteiger partial charge in [0, 0.05) is 86.7 Å². The Morgan fingerprint density at radius 2 is 1.26 bits per heavy atom. The highest BCUT2D eigenvalue weighted by Gasteiger charge is 2.47. The molecule has 0 amide bonds. The summed E-state index contributed by atoms with van der Waals surface area (Å²) in [5, 5.41) is 9.80. The molecule has 12 aromatic rings. The first kappa shape index (κ1) is 37.5. The van der Waals surface area contributed by atoms with E-state index in [9.17, 15) is 0 Å². The Kier molecular flexibility index (Phi) is 6.91. The lowest BCUT2D eigenvalue weighted by Crippen LogP contribution is -2.60. The fraction of sp³-hybridized carbons (Fsp3) is 0.200. The minimum atomic E-state index is -0.188. The molecule has 2 aliphatic heterocycles. The van der Waals surface area contributed by atoms with Gasteiger partial charge in [-0.25, -0.2) is 0 Å². The second-order valence-electron chi connectivity index (χ2n) is 21.9. The van der Waals surface area contributed by atoms with Gasteiger partial charge in [0.1, 0.15) is 22.3 Å². The Hall–Kier alpha value is -6.76. The highest BCUT2D eigenvalue weighted by Crippen LogP contribution is 2.55. The van der Waals surface area contributed by atoms with E-state index in [1.807, 2.05) is 11.3 Å². The molecule has 0 saturated carbocycles. The van der Waals surface area contributed by atoms with Crippen molar-refractivity contribution < 1.29 is 8.83 Å². The number of thiophene rings is 1. The largest absolute Gasteiger partial charge is 0.456 e. The number of anilines is 2. The van der Waals surface area contributed by atoms with Gasteiger partial charge in [0.15, 0.2) is 0 Å². The molecule has 0 unspecified atom stereocenters. The molecule has 318 valence electrons. The first-order valence-corrected chi connectivity index (χ1v) is 24.5. The molecule has 66 heavy (non-hydrogen) atoms. The predicted molar refractivity (Wildman–Crippen MR) is 281 cm³/mol. The van der Waals surface area contributed by atoms with Gasteiger partial charge in [0.25, 0.3) is 0 Å². The number of aromatic nitrogens is 1. The van der Waals surface area contributed by atoms with Crippen molar-refractivity contribution in [2.75, 3.05) is 4.81 Å². The molecule has 0 bridgehead atoms. The number of nitrogens with zero attached hydrogens (tertiary/aromatic N) is 2. The maximum atomic E-state index is 7.36. The van der Waals surface area contributed by atoms with E-state index in [1.54, 1.807) is 0 Å². The van der Waals surface area contributed by atoms with E-state index in [-0.39, 0.29) is 23.1 Å². The summed E-state index contributed by atoms with van der Waals surface area (Å²) < 4.78 is 19.5. The van der Waals surface area contributed by atoms with E-state index in [0.717, 1.165) is 68.3 Å². The number of para-hydroxylation sites is 2. The second-order valence-corrected chi connectivity index (χ2v) is 23.0. The van der Waals surface area contributed by atoms with E-state index in [2.05, 4.69) is 191 Å². The quantitative estimate of drug-likeness (QED) is 0.154. The summed E-state index contributed by atoms with van der Waals surface area (Å²) in [6, 6.07) is 50.6. The number of rotatable bonds is 1. The molecule has 15 rings (SSSR count). The van der Waals surface area contributed by atoms with E-state index in [1.165, 1.54) is 86.2 Å². The van der Waals surface area contributed by atoms with Gasteiger partial charge in [-0.05, 0) is 111 Å². The topological polar surface area (TPSA) is 34.5 Å². The van der Waals surface area contributed by atoms with Gasteiger partial charge in [0.2, 0.25) is 0 Å². The van der Waals surface area contributed by atoms with Crippen LogP contribution in [-0.2, 0) is 16.2 Å². The van der Waals surface area contributed by atoms with Crippen LogP contribution in [0.5, 0.6) is 0 Å². The zero-order chi connectivity index (χ0) is 44.3. The lowest BCUT2D eigenvalue weighted by Gasteiger charge is -2.42. The van der Waals surface area contributed by atoms with E-state index < -0.39 is 0 Å². The minimum Gasteiger partial charge on any atom is -0.456 e. The molecule has 0 saturated heterocycles. The van der Waals surface area contributed by atoms with Gasteiger partial charge < -0.3 is 18.2 Å². The van der Waals surface area contributed by atoms with Crippen LogP contribution in [0.25, 0.3) is 103 Å². The Bertz CT molecular complexity index is 4170. The molecule has 0 fully saturated rings. The van der Waals surface area contributed by atoms with Crippen molar-refractivity contribution in [3.8, 4) is 16.8 Å². The molecular weight excluding hydrogens is 824 g/mol. The molecule has 8 aromatic carbocycles. The monoisotopic (exact) mass is 870 g/mol. The van der Waals surface area contributed by atoms with Gasteiger partial charge >= 0.3 is 6.85 Å². The third kappa shape index (κ3) is 4.65. The number of hydrogen-bond acceptors (Lipinski definition) is 4. The summed E-state index contributed by atoms with van der Waals surface area (Å²) in [6.45, 7) is 16.5. The molecule has 4 nitrogen and oxygen atoms in total. The second kappa shape index (κ2) is 12.2. The minimum absolute atomic E-state index is 0.0106. The van der Waals surface area contributed by atoms with Crippen LogP contribution in [0.1, 0.15) is 78.0 Å². The Labute approximate surface area is 387 Å². The average Bonchev–Trinajstić information content (AvgIpc) is 4.07. The van der Waals surface area contributed by atoms with Crippen LogP contribution >= 0.6 is 11.3 Å². The van der Waals surface area contributed by atoms with Gasteiger partial charge in [-0.1, -0.05) is 121 Å². The van der Waals surface area contributed by atoms with E-state index in [0.29, 0.717) is 0 Å². The van der Waals surface area contributed by atoms with Crippen LogP contribution < -0.4 is 15.7 Å². The SMILES string of the molecule is CC(C)(C)c1ccc(N2B3c4cc5c(cc4-n4c6cc7c(cc6c6c8c(oc9ccccc98)c(c3c64)-c3cc4c(cc32)oc2ccccc24)C(C)(C)CCC7(C)C)sc2ccccc25)cc1. The van der Waals surface area contributed by atoms with Crippen molar-refractivity contribution in [2.45, 2.75) is 77.6 Å². The number of fused-ring (bicyclic) bond motifs is 20. The van der Waals surface area contributed by atoms with Gasteiger partial charge in [-0.15, -0.1) is 11.3 Å². The maximum Gasteiger partial charge on any atom is 0.333 e. The Balaban J connectivity index is 1.20. The molecule has 6 heteroatoms. The van der Waals surface area contributed by atoms with Crippen LogP contribution in [0.3, 0.4) is 0 Å². The van der Waals surface area contributed by atoms with Crippen LogP contribution in [0, 0.1) is 0 Å². The third-order valence-corrected chi connectivity index (χ3v) is 17.3. The smallest absolute Gasteiger partial charge is 0.333 e. The van der Waals surface area contributed by atoms with Gasteiger partial charge in [0.05, 0.1) is 11.0 Å². The summed E-state index contributed by atoms with van der Waals surface area (Å²) >= 11 is 1.91. The van der Waals surface area contributed by atoms with E-state index >= 15 is 0 Å². The summed E-state index contributed by atoms with van der Waals surface area (Å²) in [7, 11) is 0. The van der Waals surface area contributed by atoms with E-state index in [4.69, 9.17) is 8.83 Å². The Morgan fingerprint density at radius 1 is 0.576 bits per heavy atom. The maximum absolute atomic E-state index is 7.36. The standard InChI is InChI=1S/C60H47BN2O2S/c1-58(2,3)32-20-22-33(23-21-32)63-45-30-49-37(34-14-8-11-17-47(34)64-49)26-39(45)54-55-56-52(53-36-16-9-12-18-48(36)65-57(53)54)40-27-41-42(60(6,7)25-24-59(41,4)5)29-44(40)62(56)46-31-51-38(28-43(46)61(55)63)35-15-10-13-19-50(35)66-51/h8-23,26-31H,24-25H2,1-7H3. The molecule has 0 radical (unpaired) electrons. The normalized spacial score (nSPS) is 16.2. The Morgan fingerprint density at radius 3 is 2.02 bits per heavy atom. The zero-order valence-corrected chi connectivity index (χ0v) is 39.1. The lowest BCUT2D eigenvalue weighted by molar-refractivity contribution is 0.332. The fourth-order valence-corrected chi connectivity index (χ4v) is 13.8. The van der Waals surface area contributed by atoms with Crippen molar-refractivity contribution in [2.24, 2.45) is 0 Å². The molecule has 0 N–H and O–H groups in total. The molecule has 1 aliphatic carbocycles. The van der Waals surface area contributed by atoms with Crippen molar-refractivity contribution in [3.63, 3.8) is 0 Å². The highest BCUT2D eigenvalue weighted by molar-refractivity contribution is 7.26. The molecule has 0 spiro atoms. The molecule has 3 aliphatic rings. The lowest BCUT2D eigenvalue weighted by atomic mass is 9.43. The van der Waals surface area contributed by atoms with Crippen molar-refractivity contribution >= 4 is 126 Å². The van der Waals surface area contributed by atoms with Crippen LogP contribution in [0.4, 0.5) is 11.4 Å². The summed E-state index contributed by atoms with van der Waals surface area (Å²) in [6.07, 6.45) is 2.31. The highest BCUT2D eigenvalue weighted by atomic mass is 32.1. The fourth-order valence-electron chi connectivity index (χ4n) is 12.7. The molecule has 0 atom stereocenters. The van der Waals surface area contributed by atoms with Crippen LogP contribution in [0.2, 0.25) is 0 Å². The van der Waals surface area contributed by atoms with Crippen LogP contribution in [-0.4, -0.2) is 11.4 Å². The summed E-state index contributed by atoms with van der Waals surface area (Å²) in [5.41, 5.74) is 19.0. The average molecular weight is 871 g/mol. The molecule has 4 aromatic heterocycles.